The lowest BCUT2D eigenvalue weighted by molar-refractivity contribution is 0.0696. The summed E-state index contributed by atoms with van der Waals surface area (Å²) in [5.74, 6) is -1.20. The molecule has 0 unspecified atom stereocenters. The third-order valence-electron chi connectivity index (χ3n) is 6.36. The molecule has 3 aromatic rings. The van der Waals surface area contributed by atoms with Gasteiger partial charge >= 0.3 is 5.97 Å². The second-order valence-corrected chi connectivity index (χ2v) is 9.43. The number of hydrogen-bond acceptors (Lipinski definition) is 5. The Balaban J connectivity index is 1.31. The number of halogens is 1. The van der Waals surface area contributed by atoms with Crippen LogP contribution in [0.1, 0.15) is 56.4 Å². The highest BCUT2D eigenvalue weighted by molar-refractivity contribution is 6.30. The van der Waals surface area contributed by atoms with Crippen LogP contribution in [0.5, 0.6) is 0 Å². The minimum absolute atomic E-state index is 0.00945. The van der Waals surface area contributed by atoms with E-state index in [-0.39, 0.29) is 30.1 Å². The lowest BCUT2D eigenvalue weighted by Crippen LogP contribution is -2.35. The number of aromatic nitrogens is 1. The van der Waals surface area contributed by atoms with Gasteiger partial charge in [0, 0.05) is 48.7 Å². The third kappa shape index (κ3) is 6.25. The zero-order valence-electron chi connectivity index (χ0n) is 19.4. The number of nitrogens with zero attached hydrogens (tertiary/aromatic N) is 2. The Morgan fingerprint density at radius 1 is 1.06 bits per heavy atom. The Kier molecular flexibility index (Phi) is 7.80. The zero-order valence-corrected chi connectivity index (χ0v) is 20.2. The molecule has 0 aliphatic carbocycles. The SMILES string of the molecule is CN(Cc1cncc(C(=O)O)c1)C(=O)c1ccc(C[C@@H]2CC[C@H]([C@H](O)c3ccc(Cl)cc3)N2)cc1. The number of aliphatic hydroxyl groups is 1. The number of benzene rings is 2. The summed E-state index contributed by atoms with van der Waals surface area (Å²) >= 11 is 5.95. The maximum absolute atomic E-state index is 12.8. The Bertz CT molecular complexity index is 1180. The van der Waals surface area contributed by atoms with Gasteiger partial charge in [-0.25, -0.2) is 4.79 Å². The summed E-state index contributed by atoms with van der Waals surface area (Å²) in [7, 11) is 1.68. The van der Waals surface area contributed by atoms with Crippen LogP contribution in [-0.2, 0) is 13.0 Å². The molecule has 35 heavy (non-hydrogen) atoms. The normalized spacial score (nSPS) is 18.3. The maximum Gasteiger partial charge on any atom is 0.337 e. The van der Waals surface area contributed by atoms with Crippen LogP contribution >= 0.6 is 11.6 Å². The number of nitrogens with one attached hydrogen (secondary N) is 1. The fraction of sp³-hybridized carbons (Fsp3) is 0.296. The summed E-state index contributed by atoms with van der Waals surface area (Å²) in [6.07, 6.45) is 4.91. The van der Waals surface area contributed by atoms with E-state index in [0.717, 1.165) is 30.4 Å². The zero-order chi connectivity index (χ0) is 24.9. The predicted octanol–water partition coefficient (Wildman–Crippen LogP) is 4.10. The molecule has 1 aromatic heterocycles. The number of pyridine rings is 1. The molecule has 182 valence electrons. The smallest absolute Gasteiger partial charge is 0.337 e. The van der Waals surface area contributed by atoms with E-state index in [9.17, 15) is 14.7 Å². The van der Waals surface area contributed by atoms with Crippen LogP contribution in [0.4, 0.5) is 0 Å². The quantitative estimate of drug-likeness (QED) is 0.436. The van der Waals surface area contributed by atoms with Gasteiger partial charge in [-0.05, 0) is 66.3 Å². The van der Waals surface area contributed by atoms with Crippen LogP contribution in [-0.4, -0.2) is 51.1 Å². The highest BCUT2D eigenvalue weighted by Gasteiger charge is 2.30. The first-order valence-electron chi connectivity index (χ1n) is 11.5. The summed E-state index contributed by atoms with van der Waals surface area (Å²) in [6, 6.07) is 16.6. The molecule has 2 aromatic carbocycles. The highest BCUT2D eigenvalue weighted by Crippen LogP contribution is 2.27. The van der Waals surface area contributed by atoms with Crippen molar-refractivity contribution in [3.05, 3.63) is 99.8 Å². The van der Waals surface area contributed by atoms with E-state index >= 15 is 0 Å². The molecule has 0 saturated carbocycles. The second-order valence-electron chi connectivity index (χ2n) is 8.99. The van der Waals surface area contributed by atoms with Crippen molar-refractivity contribution < 1.29 is 19.8 Å². The van der Waals surface area contributed by atoms with Gasteiger partial charge in [0.1, 0.15) is 0 Å². The molecule has 2 heterocycles. The first-order chi connectivity index (χ1) is 16.8. The van der Waals surface area contributed by atoms with Crippen LogP contribution in [0, 0.1) is 0 Å². The number of carbonyl (C=O) groups excluding carboxylic acids is 1. The van der Waals surface area contributed by atoms with Gasteiger partial charge in [-0.2, -0.15) is 0 Å². The van der Waals surface area contributed by atoms with Crippen LogP contribution in [0.2, 0.25) is 5.02 Å². The Morgan fingerprint density at radius 3 is 2.46 bits per heavy atom. The largest absolute Gasteiger partial charge is 0.478 e. The number of amides is 1. The van der Waals surface area contributed by atoms with Crippen LogP contribution in [0.3, 0.4) is 0 Å². The van der Waals surface area contributed by atoms with E-state index in [1.54, 1.807) is 30.3 Å². The number of aromatic carboxylic acids is 1. The molecule has 4 rings (SSSR count). The third-order valence-corrected chi connectivity index (χ3v) is 6.61. The molecule has 0 spiro atoms. The van der Waals surface area contributed by atoms with Gasteiger partial charge < -0.3 is 20.4 Å². The topological polar surface area (TPSA) is 103 Å². The van der Waals surface area contributed by atoms with Gasteiger partial charge in [-0.3, -0.25) is 9.78 Å². The van der Waals surface area contributed by atoms with Crippen molar-refractivity contribution in [1.82, 2.24) is 15.2 Å². The van der Waals surface area contributed by atoms with Gasteiger partial charge in [0.25, 0.3) is 5.91 Å². The average Bonchev–Trinajstić information content (AvgIpc) is 3.32. The molecule has 1 amide bonds. The van der Waals surface area contributed by atoms with Crippen LogP contribution < -0.4 is 5.32 Å². The van der Waals surface area contributed by atoms with Gasteiger partial charge in [-0.1, -0.05) is 35.9 Å². The maximum atomic E-state index is 12.8. The Labute approximate surface area is 209 Å². The number of carboxylic acid groups (broad SMARTS) is 1. The van der Waals surface area contributed by atoms with E-state index in [1.807, 2.05) is 36.4 Å². The van der Waals surface area contributed by atoms with Crippen molar-refractivity contribution in [2.75, 3.05) is 7.05 Å². The molecule has 3 atom stereocenters. The summed E-state index contributed by atoms with van der Waals surface area (Å²) in [5.41, 5.74) is 3.27. The lowest BCUT2D eigenvalue weighted by atomic mass is 10.0. The van der Waals surface area contributed by atoms with E-state index in [4.69, 9.17) is 16.7 Å². The van der Waals surface area contributed by atoms with Crippen molar-refractivity contribution in [2.45, 2.75) is 44.0 Å². The van der Waals surface area contributed by atoms with Gasteiger partial charge in [0.05, 0.1) is 11.7 Å². The molecule has 1 aliphatic heterocycles. The first-order valence-corrected chi connectivity index (χ1v) is 11.9. The van der Waals surface area contributed by atoms with Crippen molar-refractivity contribution in [3.63, 3.8) is 0 Å². The minimum Gasteiger partial charge on any atom is -0.478 e. The molecular weight excluding hydrogens is 466 g/mol. The van der Waals surface area contributed by atoms with E-state index in [0.29, 0.717) is 16.1 Å². The lowest BCUT2D eigenvalue weighted by Gasteiger charge is -2.21. The second kappa shape index (κ2) is 11.0. The molecule has 7 nitrogen and oxygen atoms in total. The van der Waals surface area contributed by atoms with Crippen LogP contribution in [0.15, 0.2) is 67.0 Å². The molecule has 1 aliphatic rings. The first kappa shape index (κ1) is 24.9. The van der Waals surface area contributed by atoms with E-state index in [2.05, 4.69) is 10.3 Å². The van der Waals surface area contributed by atoms with E-state index in [1.165, 1.54) is 12.3 Å². The molecular formula is C27H28ClN3O4. The molecule has 0 radical (unpaired) electrons. The fourth-order valence-electron chi connectivity index (χ4n) is 4.48. The number of aliphatic hydroxyl groups excluding tert-OH is 1. The predicted molar refractivity (Wildman–Crippen MR) is 133 cm³/mol. The molecule has 8 heteroatoms. The van der Waals surface area contributed by atoms with Gasteiger partial charge in [0.15, 0.2) is 0 Å². The van der Waals surface area contributed by atoms with E-state index < -0.39 is 12.1 Å². The fourth-order valence-corrected chi connectivity index (χ4v) is 4.60. The van der Waals surface area contributed by atoms with Crippen LogP contribution in [0.25, 0.3) is 0 Å². The van der Waals surface area contributed by atoms with Crippen molar-refractivity contribution >= 4 is 23.5 Å². The summed E-state index contributed by atoms with van der Waals surface area (Å²) in [6.45, 7) is 0.262. The standard InChI is InChI=1S/C27H28ClN3O4/c1-31(16-18-12-21(27(34)35)15-29-14-18)26(33)20-4-2-17(3-5-20)13-23-10-11-24(30-23)25(32)19-6-8-22(28)9-7-19/h2-9,12,14-15,23-25,30,32H,10-11,13,16H2,1H3,(H,34,35)/t23-,24+,25+/m0/s1. The van der Waals surface area contributed by atoms with Gasteiger partial charge in [0.2, 0.25) is 0 Å². The van der Waals surface area contributed by atoms with Crippen molar-refractivity contribution in [3.8, 4) is 0 Å². The molecule has 1 fully saturated rings. The Morgan fingerprint density at radius 2 is 1.77 bits per heavy atom. The number of hydrogen-bond donors (Lipinski definition) is 3. The highest BCUT2D eigenvalue weighted by atomic mass is 35.5. The number of carboxylic acids is 1. The summed E-state index contributed by atoms with van der Waals surface area (Å²) < 4.78 is 0. The molecule has 1 saturated heterocycles. The number of carbonyl (C=O) groups is 2. The van der Waals surface area contributed by atoms with Crippen molar-refractivity contribution in [2.24, 2.45) is 0 Å². The average molecular weight is 494 g/mol. The monoisotopic (exact) mass is 493 g/mol. The summed E-state index contributed by atoms with van der Waals surface area (Å²) in [4.78, 5) is 29.5. The summed E-state index contributed by atoms with van der Waals surface area (Å²) in [5, 5.41) is 24.0. The van der Waals surface area contributed by atoms with Crippen molar-refractivity contribution in [1.29, 1.82) is 0 Å². The van der Waals surface area contributed by atoms with Gasteiger partial charge in [-0.15, -0.1) is 0 Å². The minimum atomic E-state index is -1.05. The molecule has 3 N–H and O–H groups in total. The Hall–Kier alpha value is -3.26. The molecule has 0 bridgehead atoms. The number of rotatable bonds is 8.